The number of carbonyl (C=O) groups excluding carboxylic acids is 10. The van der Waals surface area contributed by atoms with Crippen molar-refractivity contribution in [2.45, 2.75) is 179 Å². The quantitative estimate of drug-likeness (QED) is 0.220. The molecule has 0 aromatic carbocycles. The van der Waals surface area contributed by atoms with E-state index in [2.05, 4.69) is 97.7 Å². The second-order valence-electron chi connectivity index (χ2n) is 19.4. The van der Waals surface area contributed by atoms with Gasteiger partial charge in [-0.1, -0.05) is 13.8 Å². The minimum absolute atomic E-state index is 0.103. The van der Waals surface area contributed by atoms with Gasteiger partial charge >= 0.3 is 24.2 Å². The fourth-order valence-corrected chi connectivity index (χ4v) is 12.1. The molecule has 392 valence electrons. The second kappa shape index (κ2) is 26.9. The van der Waals surface area contributed by atoms with Gasteiger partial charge in [0, 0.05) is 124 Å². The second-order valence-corrected chi connectivity index (χ2v) is 19.4. The molecule has 0 N–H and O–H groups in total. The third-order valence-corrected chi connectivity index (χ3v) is 15.7. The summed E-state index contributed by atoms with van der Waals surface area (Å²) in [6.45, 7) is 9.35. The van der Waals surface area contributed by atoms with Crippen LogP contribution in [-0.4, -0.2) is 164 Å². The number of ketones is 4. The van der Waals surface area contributed by atoms with Crippen molar-refractivity contribution in [2.75, 3.05) is 41.4 Å². The fourth-order valence-electron chi connectivity index (χ4n) is 12.1. The van der Waals surface area contributed by atoms with E-state index in [0.717, 1.165) is 57.0 Å². The topological polar surface area (TPSA) is 238 Å². The number of carbonyl (C=O) groups is 6. The highest BCUT2D eigenvalue weighted by molar-refractivity contribution is 6.38. The number of nitrogens with zero attached hydrogens (tertiary/aromatic N) is 8. The van der Waals surface area contributed by atoms with E-state index in [1.807, 2.05) is 7.05 Å². The first-order valence-corrected chi connectivity index (χ1v) is 25.2. The zero-order chi connectivity index (χ0) is 52.9. The van der Waals surface area contributed by atoms with E-state index in [1.54, 1.807) is 25.0 Å². The first-order valence-electron chi connectivity index (χ1n) is 25.2. The monoisotopic (exact) mass is 993 g/mol. The molecule has 2 aromatic rings. The Kier molecular flexibility index (Phi) is 22.1. The maximum Gasteiger partial charge on any atom is 0.375 e. The van der Waals surface area contributed by atoms with Gasteiger partial charge in [-0.25, -0.2) is 9.59 Å². The first kappa shape index (κ1) is 58.2. The number of fused-ring (bicyclic) bond motifs is 12. The Morgan fingerprint density at radius 3 is 1.55 bits per heavy atom. The summed E-state index contributed by atoms with van der Waals surface area (Å²) in [5, 5.41) is 9.34. The third-order valence-electron chi connectivity index (χ3n) is 15.7. The number of Topliss-reactive ketones (excluding diaryl/α,β-unsaturated/α-hetero) is 4. The molecule has 20 nitrogen and oxygen atoms in total. The van der Waals surface area contributed by atoms with Crippen LogP contribution in [0.2, 0.25) is 0 Å². The summed E-state index contributed by atoms with van der Waals surface area (Å²) in [4.78, 5) is 109. The Hall–Kier alpha value is -5.36. The summed E-state index contributed by atoms with van der Waals surface area (Å²) in [5.41, 5.74) is 8.75. The number of esters is 2. The summed E-state index contributed by atoms with van der Waals surface area (Å²) in [6.07, 6.45) is 16.6. The van der Waals surface area contributed by atoms with Crippen LogP contribution < -0.4 is 0 Å². The lowest BCUT2D eigenvalue weighted by molar-refractivity contribution is -0.193. The van der Waals surface area contributed by atoms with Crippen LogP contribution in [0.1, 0.15) is 151 Å². The van der Waals surface area contributed by atoms with E-state index in [0.29, 0.717) is 36.4 Å². The molecule has 6 fully saturated rings. The van der Waals surface area contributed by atoms with Crippen molar-refractivity contribution < 1.29 is 57.4 Å². The van der Waals surface area contributed by atoms with Crippen molar-refractivity contribution in [1.82, 2.24) is 39.2 Å². The van der Waals surface area contributed by atoms with Crippen LogP contribution in [-0.2, 0) is 97.2 Å². The molecule has 8 aliphatic rings. The largest absolute Gasteiger partial charge is 0.460 e. The van der Waals surface area contributed by atoms with Gasteiger partial charge in [0.05, 0.1) is 24.6 Å². The number of likely N-dealkylation sites (N-methyl/N-ethyl adjacent to an activating group) is 2. The predicted molar refractivity (Wildman–Crippen MR) is 255 cm³/mol. The average molecular weight is 993 g/mol. The average Bonchev–Trinajstić information content (AvgIpc) is 4.07. The van der Waals surface area contributed by atoms with Gasteiger partial charge < -0.3 is 9.47 Å². The van der Waals surface area contributed by atoms with Gasteiger partial charge in [0.15, 0.2) is 0 Å². The highest BCUT2D eigenvalue weighted by atomic mass is 16.5. The summed E-state index contributed by atoms with van der Waals surface area (Å²) in [5.74, 6) is -3.28. The standard InChI is InChI=1S/2C12H19N3.C12H17NO4.C8H13NO.C5H8O3.2CO2/c1-4-10-12-9(13-15(10)3)7-8-5-6-11(12)14(8)2;1-4-9-12-10-6-5-8(14(10)2)7-11(12)15(3)13-9;1-3-17-12(16)11(15)10-8-5-4-7(13(8)2)6-9(10)14;1-9-6-2-3-7(9)5-8(10)4-6;1-3-8-5(7)4(2)6;2*2-1-3/h8,11H,4-7H2,1-3H3;8,10H,4-7H2,1-3H3;7-8,10H,3-6H2,1-2H3;6-7H,2-5H2,1H3;3H2,1-2H3;;. The maximum absolute atomic E-state index is 11.9. The smallest absolute Gasteiger partial charge is 0.375 e. The SMILES string of the molecule is CCOC(=O)C(=O)C1C(=O)CC2CCC1N2C.CCOC(=O)C(C)=O.CCc1c2c(nn1C)CC1CCC2N1C.CCc1nn(C)c2c1C1CCC(C2)N1C.CN1C2CCC1CC(=O)C2.O=C=O.O=C=O. The molecule has 0 spiro atoms. The molecule has 9 atom stereocenters. The Morgan fingerprint density at radius 2 is 1.04 bits per heavy atom. The lowest BCUT2D eigenvalue weighted by atomic mass is 9.86. The Labute approximate surface area is 417 Å². The summed E-state index contributed by atoms with van der Waals surface area (Å²) in [7, 11) is 12.8. The normalized spacial score (nSPS) is 27.2. The fraction of sp³-hybridized carbons (Fsp3) is 0.725. The lowest BCUT2D eigenvalue weighted by Gasteiger charge is -2.35. The summed E-state index contributed by atoms with van der Waals surface area (Å²) in [6, 6.07) is 4.14. The Bertz CT molecular complexity index is 2240. The van der Waals surface area contributed by atoms with Crippen molar-refractivity contribution in [3.63, 3.8) is 0 Å². The number of piperidine rings is 2. The van der Waals surface area contributed by atoms with Crippen LogP contribution in [0.4, 0.5) is 0 Å². The van der Waals surface area contributed by atoms with Crippen LogP contribution in [0.25, 0.3) is 0 Å². The molecule has 71 heavy (non-hydrogen) atoms. The zero-order valence-electron chi connectivity index (χ0n) is 43.7. The van der Waals surface area contributed by atoms with E-state index >= 15 is 0 Å². The third kappa shape index (κ3) is 13.6. The van der Waals surface area contributed by atoms with E-state index in [9.17, 15) is 28.8 Å². The van der Waals surface area contributed by atoms with Gasteiger partial charge in [-0.15, -0.1) is 0 Å². The van der Waals surface area contributed by atoms with E-state index in [1.165, 1.54) is 74.6 Å². The van der Waals surface area contributed by atoms with Gasteiger partial charge in [0.1, 0.15) is 17.5 Å². The first-order chi connectivity index (χ1) is 33.8. The van der Waals surface area contributed by atoms with E-state index in [4.69, 9.17) is 19.2 Å². The van der Waals surface area contributed by atoms with Crippen LogP contribution >= 0.6 is 0 Å². The number of ether oxygens (including phenoxy) is 2. The molecule has 0 amide bonds. The number of aromatic nitrogens is 4. The Morgan fingerprint density at radius 1 is 0.563 bits per heavy atom. The molecule has 9 unspecified atom stereocenters. The van der Waals surface area contributed by atoms with Gasteiger partial charge in [-0.2, -0.15) is 29.4 Å². The molecule has 0 saturated carbocycles. The number of hydrogen-bond acceptors (Lipinski definition) is 18. The molecular weight excluding hydrogens is 917 g/mol. The Balaban J connectivity index is 0.000000191. The molecule has 8 bridgehead atoms. The summed E-state index contributed by atoms with van der Waals surface area (Å²) < 4.78 is 13.2. The van der Waals surface area contributed by atoms with Crippen LogP contribution in [0.3, 0.4) is 0 Å². The van der Waals surface area contributed by atoms with Crippen LogP contribution in [0.5, 0.6) is 0 Å². The molecule has 2 aromatic heterocycles. The predicted octanol–water partition coefficient (Wildman–Crippen LogP) is 3.30. The molecule has 0 aliphatic carbocycles. The van der Waals surface area contributed by atoms with Crippen molar-refractivity contribution in [3.05, 3.63) is 33.9 Å². The van der Waals surface area contributed by atoms with Crippen molar-refractivity contribution in [3.8, 4) is 0 Å². The minimum atomic E-state index is -0.871. The molecule has 6 saturated heterocycles. The zero-order valence-corrected chi connectivity index (χ0v) is 43.7. The molecular formula is C51H76N8O12. The molecule has 10 heterocycles. The number of hydrogen-bond donors (Lipinski definition) is 0. The van der Waals surface area contributed by atoms with Gasteiger partial charge in [-0.05, 0) is 106 Å². The van der Waals surface area contributed by atoms with Crippen molar-refractivity contribution in [2.24, 2.45) is 20.0 Å². The highest BCUT2D eigenvalue weighted by Crippen LogP contribution is 2.45. The molecule has 10 rings (SSSR count). The van der Waals surface area contributed by atoms with Crippen LogP contribution in [0, 0.1) is 5.92 Å². The molecule has 20 heteroatoms. The van der Waals surface area contributed by atoms with Gasteiger partial charge in [0.2, 0.25) is 5.78 Å². The number of aryl methyl sites for hydroxylation is 3. The van der Waals surface area contributed by atoms with Crippen molar-refractivity contribution in [1.29, 1.82) is 0 Å². The minimum Gasteiger partial charge on any atom is -0.460 e. The summed E-state index contributed by atoms with van der Waals surface area (Å²) >= 11 is 0. The molecule has 8 aliphatic heterocycles. The van der Waals surface area contributed by atoms with Gasteiger partial charge in [0.25, 0.3) is 5.78 Å². The van der Waals surface area contributed by atoms with E-state index < -0.39 is 29.4 Å². The van der Waals surface area contributed by atoms with Crippen molar-refractivity contribution >= 4 is 47.4 Å². The van der Waals surface area contributed by atoms with E-state index in [-0.39, 0.29) is 43.4 Å². The maximum atomic E-state index is 11.9. The lowest BCUT2D eigenvalue weighted by Crippen LogP contribution is -2.51. The van der Waals surface area contributed by atoms with Crippen LogP contribution in [0.15, 0.2) is 0 Å². The van der Waals surface area contributed by atoms with Gasteiger partial charge in [-0.3, -0.25) is 48.1 Å². The number of rotatable bonds is 7. The highest BCUT2D eigenvalue weighted by Gasteiger charge is 2.50. The molecule has 0 radical (unpaired) electrons.